The molecule has 2 aromatic carbocycles. The Bertz CT molecular complexity index is 1400. The second-order valence-corrected chi connectivity index (χ2v) is 8.28. The third-order valence-corrected chi connectivity index (χ3v) is 6.43. The highest BCUT2D eigenvalue weighted by Gasteiger charge is 2.52. The van der Waals surface area contributed by atoms with Crippen molar-refractivity contribution in [2.24, 2.45) is 0 Å². The quantitative estimate of drug-likeness (QED) is 0.459. The Labute approximate surface area is 187 Å². The van der Waals surface area contributed by atoms with Gasteiger partial charge in [-0.3, -0.25) is 4.79 Å². The number of pyridine rings is 1. The van der Waals surface area contributed by atoms with Gasteiger partial charge in [0.1, 0.15) is 11.5 Å². The molecule has 0 atom stereocenters. The van der Waals surface area contributed by atoms with E-state index >= 15 is 0 Å². The van der Waals surface area contributed by atoms with Gasteiger partial charge in [-0.1, -0.05) is 12.5 Å². The number of hydrogen-bond acceptors (Lipinski definition) is 4. The number of nitrogens with zero attached hydrogens (tertiary/aromatic N) is 3. The van der Waals surface area contributed by atoms with Crippen LogP contribution >= 0.6 is 0 Å². The molecule has 4 aromatic rings. The van der Waals surface area contributed by atoms with Crippen molar-refractivity contribution in [2.75, 3.05) is 5.32 Å². The number of fused-ring (bicyclic) bond motifs is 2. The molecule has 1 N–H and O–H groups in total. The van der Waals surface area contributed by atoms with Crippen molar-refractivity contribution in [1.29, 1.82) is 0 Å². The summed E-state index contributed by atoms with van der Waals surface area (Å²) in [6.45, 7) is 0. The maximum Gasteiger partial charge on any atom is 0.235 e. The number of nitrogens with one attached hydrogen (secondary N) is 1. The van der Waals surface area contributed by atoms with Crippen LogP contribution in [0.15, 0.2) is 67.0 Å². The van der Waals surface area contributed by atoms with E-state index in [1.807, 2.05) is 12.1 Å². The van der Waals surface area contributed by atoms with Crippen LogP contribution in [0.4, 0.5) is 14.5 Å². The summed E-state index contributed by atoms with van der Waals surface area (Å²) in [7, 11) is 0. The summed E-state index contributed by atoms with van der Waals surface area (Å²) < 4.78 is 35.5. The van der Waals surface area contributed by atoms with Gasteiger partial charge in [-0.05, 0) is 54.8 Å². The number of carbonyl (C=O) groups excluding carboxylic acids is 1. The summed E-state index contributed by atoms with van der Waals surface area (Å²) in [6.07, 6.45) is 5.64. The zero-order valence-corrected chi connectivity index (χ0v) is 17.4. The fraction of sp³-hybridized carbons (Fsp3) is 0.160. The molecule has 3 heterocycles. The number of ether oxygens (including phenoxy) is 1. The molecule has 0 saturated heterocycles. The number of halogens is 2. The molecule has 33 heavy (non-hydrogen) atoms. The first-order chi connectivity index (χ1) is 16.0. The highest BCUT2D eigenvalue weighted by molar-refractivity contribution is 6.09. The molecule has 1 aliphatic heterocycles. The summed E-state index contributed by atoms with van der Waals surface area (Å²) in [5, 5.41) is 7.26. The van der Waals surface area contributed by atoms with Gasteiger partial charge in [0.2, 0.25) is 11.8 Å². The SMILES string of the molecule is O=C1Nc2c(Oc3ccccn3)cc(-c3ccnn3-c3ccc(F)cc3F)cc2C12CCC2. The molecule has 6 nitrogen and oxygen atoms in total. The fourth-order valence-corrected chi connectivity index (χ4v) is 4.62. The summed E-state index contributed by atoms with van der Waals surface area (Å²) in [5.41, 5.74) is 2.31. The first-order valence-corrected chi connectivity index (χ1v) is 10.6. The molecule has 2 aromatic heterocycles. The number of hydrogen-bond donors (Lipinski definition) is 1. The van der Waals surface area contributed by atoms with Gasteiger partial charge in [-0.25, -0.2) is 18.4 Å². The number of benzene rings is 2. The van der Waals surface area contributed by atoms with E-state index in [2.05, 4.69) is 15.4 Å². The van der Waals surface area contributed by atoms with Gasteiger partial charge in [0.25, 0.3) is 0 Å². The maximum atomic E-state index is 14.5. The van der Waals surface area contributed by atoms with Crippen LogP contribution in [-0.4, -0.2) is 20.7 Å². The average Bonchev–Trinajstić information content (AvgIpc) is 3.36. The second kappa shape index (κ2) is 7.23. The van der Waals surface area contributed by atoms with Crippen LogP contribution in [0.2, 0.25) is 0 Å². The van der Waals surface area contributed by atoms with E-state index in [1.54, 1.807) is 36.7 Å². The van der Waals surface area contributed by atoms with E-state index in [4.69, 9.17) is 4.74 Å². The van der Waals surface area contributed by atoms with Crippen molar-refractivity contribution in [3.63, 3.8) is 0 Å². The molecule has 1 fully saturated rings. The van der Waals surface area contributed by atoms with Crippen molar-refractivity contribution in [1.82, 2.24) is 14.8 Å². The van der Waals surface area contributed by atoms with Crippen LogP contribution in [-0.2, 0) is 10.2 Å². The van der Waals surface area contributed by atoms with Crippen molar-refractivity contribution < 1.29 is 18.3 Å². The number of aromatic nitrogens is 3. The highest BCUT2D eigenvalue weighted by Crippen LogP contribution is 2.55. The van der Waals surface area contributed by atoms with Gasteiger partial charge >= 0.3 is 0 Å². The van der Waals surface area contributed by atoms with Gasteiger partial charge in [0, 0.05) is 23.9 Å². The van der Waals surface area contributed by atoms with Crippen molar-refractivity contribution >= 4 is 11.6 Å². The lowest BCUT2D eigenvalue weighted by Gasteiger charge is -2.36. The zero-order chi connectivity index (χ0) is 22.6. The molecular weight excluding hydrogens is 426 g/mol. The van der Waals surface area contributed by atoms with Gasteiger partial charge in [-0.2, -0.15) is 5.10 Å². The molecule has 0 radical (unpaired) electrons. The molecule has 1 spiro atoms. The number of anilines is 1. The molecule has 8 heteroatoms. The topological polar surface area (TPSA) is 69.0 Å². The normalized spacial score (nSPS) is 15.8. The van der Waals surface area contributed by atoms with Crippen LogP contribution < -0.4 is 10.1 Å². The monoisotopic (exact) mass is 444 g/mol. The molecule has 1 saturated carbocycles. The van der Waals surface area contributed by atoms with E-state index in [-0.39, 0.29) is 11.6 Å². The molecule has 1 amide bonds. The lowest BCUT2D eigenvalue weighted by atomic mass is 9.65. The first kappa shape index (κ1) is 19.6. The van der Waals surface area contributed by atoms with E-state index in [0.29, 0.717) is 28.6 Å². The number of amides is 1. The fourth-order valence-electron chi connectivity index (χ4n) is 4.62. The minimum Gasteiger partial charge on any atom is -0.437 e. The molecular formula is C25H18F2N4O2. The lowest BCUT2D eigenvalue weighted by molar-refractivity contribution is -0.123. The predicted molar refractivity (Wildman–Crippen MR) is 117 cm³/mol. The summed E-state index contributed by atoms with van der Waals surface area (Å²) >= 11 is 0. The average molecular weight is 444 g/mol. The molecule has 164 valence electrons. The van der Waals surface area contributed by atoms with Gasteiger partial charge < -0.3 is 10.1 Å². The molecule has 0 unspecified atom stereocenters. The van der Waals surface area contributed by atoms with Crippen LogP contribution in [0, 0.1) is 11.6 Å². The van der Waals surface area contributed by atoms with Crippen LogP contribution in [0.3, 0.4) is 0 Å². The smallest absolute Gasteiger partial charge is 0.235 e. The molecule has 1 aliphatic carbocycles. The molecule has 0 bridgehead atoms. The van der Waals surface area contributed by atoms with Crippen molar-refractivity contribution in [3.8, 4) is 28.6 Å². The summed E-state index contributed by atoms with van der Waals surface area (Å²) in [4.78, 5) is 17.1. The Morgan fingerprint density at radius 2 is 1.91 bits per heavy atom. The Balaban J connectivity index is 1.53. The summed E-state index contributed by atoms with van der Waals surface area (Å²) in [5.74, 6) is -0.585. The molecule has 6 rings (SSSR count). The first-order valence-electron chi connectivity index (χ1n) is 10.6. The van der Waals surface area contributed by atoms with Crippen LogP contribution in [0.1, 0.15) is 24.8 Å². The van der Waals surface area contributed by atoms with Crippen LogP contribution in [0.5, 0.6) is 11.6 Å². The second-order valence-electron chi connectivity index (χ2n) is 8.28. The predicted octanol–water partition coefficient (Wildman–Crippen LogP) is 5.38. The van der Waals surface area contributed by atoms with Crippen molar-refractivity contribution in [2.45, 2.75) is 24.7 Å². The Morgan fingerprint density at radius 3 is 2.64 bits per heavy atom. The third kappa shape index (κ3) is 3.01. The van der Waals surface area contributed by atoms with Gasteiger partial charge in [-0.15, -0.1) is 0 Å². The van der Waals surface area contributed by atoms with Gasteiger partial charge in [0.15, 0.2) is 11.6 Å². The Hall–Kier alpha value is -4.07. The largest absolute Gasteiger partial charge is 0.437 e. The zero-order valence-electron chi connectivity index (χ0n) is 17.4. The van der Waals surface area contributed by atoms with Gasteiger partial charge in [0.05, 0.1) is 23.0 Å². The Morgan fingerprint density at radius 1 is 1.03 bits per heavy atom. The highest BCUT2D eigenvalue weighted by atomic mass is 19.1. The Kier molecular flexibility index (Phi) is 4.29. The van der Waals surface area contributed by atoms with Crippen molar-refractivity contribution in [3.05, 3.63) is 84.2 Å². The van der Waals surface area contributed by atoms with E-state index < -0.39 is 17.0 Å². The maximum absolute atomic E-state index is 14.5. The van der Waals surface area contributed by atoms with E-state index in [0.717, 1.165) is 30.9 Å². The third-order valence-electron chi connectivity index (χ3n) is 6.43. The number of carbonyl (C=O) groups is 1. The summed E-state index contributed by atoms with van der Waals surface area (Å²) in [6, 6.07) is 14.1. The minimum absolute atomic E-state index is 0.0372. The van der Waals surface area contributed by atoms with E-state index in [9.17, 15) is 13.6 Å². The van der Waals surface area contributed by atoms with E-state index in [1.165, 1.54) is 16.8 Å². The standard InChI is InChI=1S/C25H18F2N4O2/c26-16-5-6-20(18(27)14-16)31-19(7-11-29-31)15-12-17-23(30-24(32)25(17)8-3-9-25)21(13-15)33-22-4-1-2-10-28-22/h1-2,4-7,10-14H,3,8-9H2,(H,30,32). The van der Waals surface area contributed by atoms with Crippen LogP contribution in [0.25, 0.3) is 16.9 Å². The lowest BCUT2D eigenvalue weighted by Crippen LogP contribution is -2.40. The molecule has 2 aliphatic rings. The minimum atomic E-state index is -0.724. The number of rotatable bonds is 4.